The first-order valence-electron chi connectivity index (χ1n) is 6.03. The summed E-state index contributed by atoms with van der Waals surface area (Å²) in [6, 6.07) is 3.83. The van der Waals surface area contributed by atoms with Crippen molar-refractivity contribution in [3.8, 4) is 0 Å². The van der Waals surface area contributed by atoms with E-state index in [4.69, 9.17) is 4.42 Å². The molecular weight excluding hydrogens is 232 g/mol. The van der Waals surface area contributed by atoms with Crippen LogP contribution >= 0.6 is 0 Å². The van der Waals surface area contributed by atoms with Crippen molar-refractivity contribution in [1.29, 1.82) is 0 Å². The van der Waals surface area contributed by atoms with Crippen LogP contribution in [0.1, 0.15) is 25.2 Å². The smallest absolute Gasteiger partial charge is 0.137 e. The quantitative estimate of drug-likeness (QED) is 0.766. The molecule has 0 aliphatic rings. The molecular formula is C12H18N4O2. The van der Waals surface area contributed by atoms with Gasteiger partial charge in [-0.3, -0.25) is 4.68 Å². The zero-order valence-corrected chi connectivity index (χ0v) is 10.4. The molecule has 2 rings (SSSR count). The number of hydrogen-bond acceptors (Lipinski definition) is 5. The summed E-state index contributed by atoms with van der Waals surface area (Å²) in [6.07, 6.45) is 5.11. The van der Waals surface area contributed by atoms with E-state index in [1.807, 2.05) is 0 Å². The van der Waals surface area contributed by atoms with Crippen LogP contribution in [-0.2, 0) is 6.54 Å². The second-order valence-corrected chi connectivity index (χ2v) is 4.29. The summed E-state index contributed by atoms with van der Waals surface area (Å²) in [6.45, 7) is 3.36. The van der Waals surface area contributed by atoms with Crippen LogP contribution in [0.4, 0.5) is 0 Å². The molecule has 2 heterocycles. The predicted molar refractivity (Wildman–Crippen MR) is 65.8 cm³/mol. The van der Waals surface area contributed by atoms with Gasteiger partial charge in [-0.15, -0.1) is 0 Å². The maximum atomic E-state index is 9.83. The number of hydrogen-bond donors (Lipinski definition) is 2. The van der Waals surface area contributed by atoms with Crippen LogP contribution in [0.3, 0.4) is 0 Å². The third kappa shape index (κ3) is 3.68. The van der Waals surface area contributed by atoms with Gasteiger partial charge < -0.3 is 14.8 Å². The number of aliphatic hydroxyl groups is 1. The predicted octanol–water partition coefficient (Wildman–Crippen LogP) is 0.973. The van der Waals surface area contributed by atoms with E-state index in [0.717, 1.165) is 13.0 Å². The molecule has 0 aliphatic carbocycles. The number of furan rings is 1. The third-order valence-corrected chi connectivity index (χ3v) is 2.79. The molecule has 0 saturated heterocycles. The lowest BCUT2D eigenvalue weighted by Gasteiger charge is -2.15. The summed E-state index contributed by atoms with van der Waals surface area (Å²) in [5, 5.41) is 17.1. The highest BCUT2D eigenvalue weighted by molar-refractivity contribution is 5.02. The molecule has 0 bridgehead atoms. The molecule has 2 aromatic heterocycles. The number of aromatic nitrogens is 3. The molecule has 0 amide bonds. The van der Waals surface area contributed by atoms with E-state index in [2.05, 4.69) is 22.3 Å². The van der Waals surface area contributed by atoms with E-state index < -0.39 is 6.10 Å². The van der Waals surface area contributed by atoms with Crippen molar-refractivity contribution >= 4 is 0 Å². The van der Waals surface area contributed by atoms with Crippen LogP contribution in [-0.4, -0.2) is 32.5 Å². The van der Waals surface area contributed by atoms with Crippen molar-refractivity contribution in [1.82, 2.24) is 20.1 Å². The molecule has 0 saturated carbocycles. The van der Waals surface area contributed by atoms with Gasteiger partial charge in [0.05, 0.1) is 6.26 Å². The fourth-order valence-corrected chi connectivity index (χ4v) is 1.67. The summed E-state index contributed by atoms with van der Waals surface area (Å²) < 4.78 is 6.93. The lowest BCUT2D eigenvalue weighted by molar-refractivity contribution is 0.143. The molecule has 98 valence electrons. The van der Waals surface area contributed by atoms with Gasteiger partial charge in [0.25, 0.3) is 0 Å². The maximum absolute atomic E-state index is 9.83. The Morgan fingerprint density at radius 2 is 2.44 bits per heavy atom. The van der Waals surface area contributed by atoms with E-state index in [-0.39, 0.29) is 0 Å². The molecule has 0 aliphatic heterocycles. The fourth-order valence-electron chi connectivity index (χ4n) is 1.67. The lowest BCUT2D eigenvalue weighted by Crippen LogP contribution is -2.31. The number of nitrogens with one attached hydrogen (secondary N) is 1. The highest BCUT2D eigenvalue weighted by Gasteiger charge is 2.11. The lowest BCUT2D eigenvalue weighted by atomic mass is 10.2. The Morgan fingerprint density at radius 1 is 1.56 bits per heavy atom. The fraction of sp³-hybridized carbons (Fsp3) is 0.500. The molecule has 0 spiro atoms. The third-order valence-electron chi connectivity index (χ3n) is 2.79. The molecule has 18 heavy (non-hydrogen) atoms. The van der Waals surface area contributed by atoms with E-state index in [1.165, 1.54) is 6.33 Å². The van der Waals surface area contributed by atoms with Gasteiger partial charge in [0.15, 0.2) is 0 Å². The summed E-state index contributed by atoms with van der Waals surface area (Å²) in [7, 11) is 0. The Hall–Kier alpha value is -1.66. The molecule has 2 N–H and O–H groups in total. The van der Waals surface area contributed by atoms with Crippen molar-refractivity contribution in [3.05, 3.63) is 36.8 Å². The van der Waals surface area contributed by atoms with Crippen LogP contribution in [0.15, 0.2) is 35.5 Å². The van der Waals surface area contributed by atoms with Gasteiger partial charge in [0, 0.05) is 19.1 Å². The monoisotopic (exact) mass is 250 g/mol. The van der Waals surface area contributed by atoms with Gasteiger partial charge in [0.1, 0.15) is 24.5 Å². The standard InChI is InChI=1S/C12H18N4O2/c1-10(4-5-16-9-13-8-15-16)14-7-11(17)12-3-2-6-18-12/h2-3,6,8-11,14,17H,4-5,7H2,1H3. The van der Waals surface area contributed by atoms with Gasteiger partial charge in [0.2, 0.25) is 0 Å². The molecule has 2 unspecified atom stereocenters. The SMILES string of the molecule is CC(CCn1cncn1)NCC(O)c1ccco1. The average Bonchev–Trinajstić information content (AvgIpc) is 3.05. The second-order valence-electron chi connectivity index (χ2n) is 4.29. The topological polar surface area (TPSA) is 76.1 Å². The van der Waals surface area contributed by atoms with Crippen molar-refractivity contribution < 1.29 is 9.52 Å². The molecule has 0 fully saturated rings. The highest BCUT2D eigenvalue weighted by atomic mass is 16.4. The van der Waals surface area contributed by atoms with Gasteiger partial charge >= 0.3 is 0 Å². The first-order chi connectivity index (χ1) is 8.75. The Bertz CT molecular complexity index is 427. The van der Waals surface area contributed by atoms with Crippen LogP contribution in [0, 0.1) is 0 Å². The van der Waals surface area contributed by atoms with Crippen molar-refractivity contribution in [2.24, 2.45) is 0 Å². The van der Waals surface area contributed by atoms with E-state index in [1.54, 1.807) is 29.4 Å². The summed E-state index contributed by atoms with van der Waals surface area (Å²) in [5.74, 6) is 0.589. The first kappa shape index (κ1) is 12.8. The highest BCUT2D eigenvalue weighted by Crippen LogP contribution is 2.12. The van der Waals surface area contributed by atoms with Crippen molar-refractivity contribution in [3.63, 3.8) is 0 Å². The molecule has 2 aromatic rings. The van der Waals surface area contributed by atoms with Gasteiger partial charge in [-0.05, 0) is 25.5 Å². The van der Waals surface area contributed by atoms with Gasteiger partial charge in [-0.1, -0.05) is 0 Å². The summed E-state index contributed by atoms with van der Waals surface area (Å²) >= 11 is 0. The molecule has 6 heteroatoms. The zero-order valence-electron chi connectivity index (χ0n) is 10.4. The Balaban J connectivity index is 1.67. The number of aryl methyl sites for hydroxylation is 1. The minimum atomic E-state index is -0.603. The Morgan fingerprint density at radius 3 is 3.11 bits per heavy atom. The normalized spacial score (nSPS) is 14.6. The number of rotatable bonds is 7. The minimum absolute atomic E-state index is 0.291. The molecule has 0 radical (unpaired) electrons. The Kier molecular flexibility index (Phi) is 4.49. The second kappa shape index (κ2) is 6.32. The largest absolute Gasteiger partial charge is 0.467 e. The van der Waals surface area contributed by atoms with Crippen LogP contribution < -0.4 is 5.32 Å². The average molecular weight is 250 g/mol. The Labute approximate surface area is 106 Å². The maximum Gasteiger partial charge on any atom is 0.137 e. The molecule has 0 aromatic carbocycles. The first-order valence-corrected chi connectivity index (χ1v) is 6.03. The van der Waals surface area contributed by atoms with Crippen LogP contribution in [0.25, 0.3) is 0 Å². The van der Waals surface area contributed by atoms with E-state index in [9.17, 15) is 5.11 Å². The molecule has 2 atom stereocenters. The van der Waals surface area contributed by atoms with E-state index in [0.29, 0.717) is 18.3 Å². The number of aliphatic hydroxyl groups excluding tert-OH is 1. The molecule has 6 nitrogen and oxygen atoms in total. The summed E-state index contributed by atoms with van der Waals surface area (Å²) in [4.78, 5) is 3.89. The van der Waals surface area contributed by atoms with Gasteiger partial charge in [-0.25, -0.2) is 4.98 Å². The summed E-state index contributed by atoms with van der Waals surface area (Å²) in [5.41, 5.74) is 0. The van der Waals surface area contributed by atoms with E-state index >= 15 is 0 Å². The minimum Gasteiger partial charge on any atom is -0.467 e. The van der Waals surface area contributed by atoms with Gasteiger partial charge in [-0.2, -0.15) is 5.10 Å². The zero-order chi connectivity index (χ0) is 12.8. The van der Waals surface area contributed by atoms with Crippen LogP contribution in [0.5, 0.6) is 0 Å². The number of nitrogens with zero attached hydrogens (tertiary/aromatic N) is 3. The van der Waals surface area contributed by atoms with Crippen molar-refractivity contribution in [2.45, 2.75) is 32.0 Å². The van der Waals surface area contributed by atoms with Crippen molar-refractivity contribution in [2.75, 3.05) is 6.54 Å². The van der Waals surface area contributed by atoms with Crippen LogP contribution in [0.2, 0.25) is 0 Å².